The van der Waals surface area contributed by atoms with Gasteiger partial charge in [-0.25, -0.2) is 4.79 Å². The number of primary amides is 1. The molecule has 0 spiro atoms. The fourth-order valence-electron chi connectivity index (χ4n) is 3.46. The van der Waals surface area contributed by atoms with E-state index in [1.165, 1.54) is 24.8 Å². The van der Waals surface area contributed by atoms with E-state index < -0.39 is 6.09 Å². The van der Waals surface area contributed by atoms with E-state index in [0.29, 0.717) is 0 Å². The lowest BCUT2D eigenvalue weighted by Crippen LogP contribution is -2.44. The van der Waals surface area contributed by atoms with E-state index in [-0.39, 0.29) is 24.6 Å². The lowest BCUT2D eigenvalue weighted by atomic mass is 9.87. The quantitative estimate of drug-likeness (QED) is 0.439. The van der Waals surface area contributed by atoms with Gasteiger partial charge in [0.25, 0.3) is 0 Å². The van der Waals surface area contributed by atoms with E-state index in [2.05, 4.69) is 13.0 Å². The smallest absolute Gasteiger partial charge is 0.404 e. The van der Waals surface area contributed by atoms with Crippen LogP contribution in [0.2, 0.25) is 0 Å². The number of nitrogens with two attached hydrogens (primary N) is 1. The number of rotatable bonds is 12. The summed E-state index contributed by atoms with van der Waals surface area (Å²) in [6.07, 6.45) is 9.17. The number of esters is 1. The van der Waals surface area contributed by atoms with Gasteiger partial charge in [0, 0.05) is 0 Å². The van der Waals surface area contributed by atoms with Crippen LogP contribution >= 0.6 is 0 Å². The third-order valence-corrected chi connectivity index (χ3v) is 4.96. The maximum atomic E-state index is 11.6. The summed E-state index contributed by atoms with van der Waals surface area (Å²) >= 11 is 0. The van der Waals surface area contributed by atoms with E-state index in [0.717, 1.165) is 44.1 Å². The maximum Gasteiger partial charge on any atom is 0.404 e. The molecule has 0 aromatic heterocycles. The summed E-state index contributed by atoms with van der Waals surface area (Å²) in [6.45, 7) is 2.40. The van der Waals surface area contributed by atoms with Crippen LogP contribution in [-0.4, -0.2) is 18.2 Å². The fourth-order valence-corrected chi connectivity index (χ4v) is 3.46. The molecule has 0 bridgehead atoms. The van der Waals surface area contributed by atoms with Gasteiger partial charge >= 0.3 is 12.1 Å². The summed E-state index contributed by atoms with van der Waals surface area (Å²) < 4.78 is 10.2. The maximum absolute atomic E-state index is 11.6. The van der Waals surface area contributed by atoms with E-state index in [4.69, 9.17) is 15.2 Å². The van der Waals surface area contributed by atoms with Gasteiger partial charge in [0.2, 0.25) is 0 Å². The molecule has 2 unspecified atom stereocenters. The molecular weight excluding hydrogens is 330 g/mol. The Hall–Kier alpha value is -2.04. The molecule has 0 radical (unpaired) electrons. The molecule has 144 valence electrons. The number of hydrogen-bond donors (Lipinski definition) is 1. The number of carbonyl (C=O) groups excluding carboxylic acids is 2. The average Bonchev–Trinajstić information content (AvgIpc) is 2.62. The summed E-state index contributed by atoms with van der Waals surface area (Å²) in [5.74, 6) is 0.120. The van der Waals surface area contributed by atoms with E-state index in [9.17, 15) is 9.59 Å². The highest BCUT2D eigenvalue weighted by atomic mass is 16.6. The van der Waals surface area contributed by atoms with E-state index in [1.54, 1.807) is 0 Å². The molecule has 2 atom stereocenters. The van der Waals surface area contributed by atoms with Crippen molar-refractivity contribution in [2.45, 2.75) is 77.4 Å². The highest BCUT2D eigenvalue weighted by Gasteiger charge is 2.40. The Kier molecular flexibility index (Phi) is 8.45. The molecule has 1 aromatic rings. The predicted molar refractivity (Wildman–Crippen MR) is 100 cm³/mol. The molecule has 1 amide bonds. The minimum absolute atomic E-state index is 0.00588. The Morgan fingerprint density at radius 1 is 1.12 bits per heavy atom. The fraction of sp³-hybridized carbons (Fsp3) is 0.619. The van der Waals surface area contributed by atoms with E-state index in [1.807, 2.05) is 18.2 Å². The van der Waals surface area contributed by atoms with E-state index >= 15 is 0 Å². The van der Waals surface area contributed by atoms with Crippen LogP contribution in [0.1, 0.15) is 69.4 Å². The number of cyclic esters (lactones) is 1. The molecule has 0 aliphatic carbocycles. The molecule has 5 heteroatoms. The van der Waals surface area contributed by atoms with Crippen LogP contribution in [0.25, 0.3) is 0 Å². The van der Waals surface area contributed by atoms with Gasteiger partial charge in [-0.1, -0.05) is 56.9 Å². The summed E-state index contributed by atoms with van der Waals surface area (Å²) in [6, 6.07) is 8.01. The van der Waals surface area contributed by atoms with Gasteiger partial charge in [-0.15, -0.1) is 0 Å². The number of carbonyl (C=O) groups is 2. The van der Waals surface area contributed by atoms with Crippen LogP contribution < -0.4 is 5.73 Å². The molecule has 5 nitrogen and oxygen atoms in total. The van der Waals surface area contributed by atoms with Crippen LogP contribution in [-0.2, 0) is 27.3 Å². The van der Waals surface area contributed by atoms with Gasteiger partial charge in [-0.3, -0.25) is 4.79 Å². The Labute approximate surface area is 156 Å². The van der Waals surface area contributed by atoms with Crippen molar-refractivity contribution in [3.63, 3.8) is 0 Å². The summed E-state index contributed by atoms with van der Waals surface area (Å²) in [4.78, 5) is 22.3. The lowest BCUT2D eigenvalue weighted by Gasteiger charge is -2.35. The zero-order chi connectivity index (χ0) is 18.8. The third-order valence-electron chi connectivity index (χ3n) is 4.96. The standard InChI is InChI=1S/C21H31NO4/c1-2-3-4-5-12-18-19(26-20(18)23)13-7-6-9-16-10-8-11-17(14-16)15-25-21(22)24/h8,10-11,14,18-19H,2-7,9,12-13,15H2,1H3,(H2,22,24). The minimum atomic E-state index is -0.755. The van der Waals surface area contributed by atoms with Crippen molar-refractivity contribution in [2.24, 2.45) is 11.7 Å². The highest BCUT2D eigenvalue weighted by Crippen LogP contribution is 2.31. The first-order chi connectivity index (χ1) is 12.6. The summed E-state index contributed by atoms with van der Waals surface area (Å²) in [5, 5.41) is 0. The van der Waals surface area contributed by atoms with Crippen LogP contribution in [0.3, 0.4) is 0 Å². The molecule has 1 aromatic carbocycles. The van der Waals surface area contributed by atoms with Crippen molar-refractivity contribution in [1.82, 2.24) is 0 Å². The highest BCUT2D eigenvalue weighted by molar-refractivity contribution is 5.78. The van der Waals surface area contributed by atoms with Gasteiger partial charge in [-0.05, 0) is 43.2 Å². The van der Waals surface area contributed by atoms with Gasteiger partial charge in [0.05, 0.1) is 5.92 Å². The summed E-state index contributed by atoms with van der Waals surface area (Å²) in [7, 11) is 0. The predicted octanol–water partition coefficient (Wildman–Crippen LogP) is 4.51. The average molecular weight is 361 g/mol. The topological polar surface area (TPSA) is 78.6 Å². The first-order valence-electron chi connectivity index (χ1n) is 9.80. The molecule has 1 aliphatic rings. The van der Waals surface area contributed by atoms with Gasteiger partial charge in [-0.2, -0.15) is 0 Å². The molecule has 2 rings (SSSR count). The Morgan fingerprint density at radius 2 is 1.88 bits per heavy atom. The number of unbranched alkanes of at least 4 members (excludes halogenated alkanes) is 4. The summed E-state index contributed by atoms with van der Waals surface area (Å²) in [5.41, 5.74) is 7.16. The van der Waals surface area contributed by atoms with Crippen LogP contribution in [0.5, 0.6) is 0 Å². The van der Waals surface area contributed by atoms with Crippen molar-refractivity contribution in [3.8, 4) is 0 Å². The zero-order valence-corrected chi connectivity index (χ0v) is 15.7. The molecule has 0 saturated carbocycles. The molecule has 26 heavy (non-hydrogen) atoms. The number of hydrogen-bond acceptors (Lipinski definition) is 4. The number of amides is 1. The van der Waals surface area contributed by atoms with Gasteiger partial charge < -0.3 is 15.2 Å². The molecular formula is C21H31NO4. The molecule has 2 N–H and O–H groups in total. The largest absolute Gasteiger partial charge is 0.461 e. The SMILES string of the molecule is CCCCCCC1C(=O)OC1CCCCc1cccc(COC(N)=O)c1. The van der Waals surface area contributed by atoms with Crippen molar-refractivity contribution in [3.05, 3.63) is 35.4 Å². The molecule has 1 fully saturated rings. The number of ether oxygens (including phenoxy) is 2. The Bertz CT molecular complexity index is 587. The molecule has 1 aliphatic heterocycles. The monoisotopic (exact) mass is 361 g/mol. The van der Waals surface area contributed by atoms with Crippen molar-refractivity contribution >= 4 is 12.1 Å². The Morgan fingerprint density at radius 3 is 2.62 bits per heavy atom. The van der Waals surface area contributed by atoms with Crippen molar-refractivity contribution in [1.29, 1.82) is 0 Å². The van der Waals surface area contributed by atoms with Crippen molar-refractivity contribution < 1.29 is 19.1 Å². The van der Waals surface area contributed by atoms with Gasteiger partial charge in [0.1, 0.15) is 12.7 Å². The van der Waals surface area contributed by atoms with Crippen LogP contribution in [0.15, 0.2) is 24.3 Å². The second-order valence-electron chi connectivity index (χ2n) is 7.10. The lowest BCUT2D eigenvalue weighted by molar-refractivity contribution is -0.186. The molecule has 1 saturated heterocycles. The zero-order valence-electron chi connectivity index (χ0n) is 15.7. The second-order valence-corrected chi connectivity index (χ2v) is 7.10. The first-order valence-corrected chi connectivity index (χ1v) is 9.80. The normalized spacial score (nSPS) is 18.9. The minimum Gasteiger partial charge on any atom is -0.461 e. The van der Waals surface area contributed by atoms with Crippen molar-refractivity contribution in [2.75, 3.05) is 0 Å². The third kappa shape index (κ3) is 6.70. The number of aryl methyl sites for hydroxylation is 1. The molecule has 1 heterocycles. The Balaban J connectivity index is 1.64. The van der Waals surface area contributed by atoms with Crippen LogP contribution in [0.4, 0.5) is 4.79 Å². The first kappa shape index (κ1) is 20.3. The second kappa shape index (κ2) is 10.8. The van der Waals surface area contributed by atoms with Gasteiger partial charge in [0.15, 0.2) is 0 Å². The number of benzene rings is 1. The van der Waals surface area contributed by atoms with Crippen LogP contribution in [0, 0.1) is 5.92 Å².